The minimum absolute atomic E-state index is 0.150. The summed E-state index contributed by atoms with van der Waals surface area (Å²) >= 11 is 0. The van der Waals surface area contributed by atoms with Gasteiger partial charge in [0.25, 0.3) is 5.91 Å². The van der Waals surface area contributed by atoms with Crippen molar-refractivity contribution in [2.75, 3.05) is 6.54 Å². The Hall–Kier alpha value is -1.81. The number of aromatic amines is 1. The zero-order valence-corrected chi connectivity index (χ0v) is 12.0. The highest BCUT2D eigenvalue weighted by Crippen LogP contribution is 2.17. The van der Waals surface area contributed by atoms with Gasteiger partial charge in [0.05, 0.1) is 17.2 Å². The Morgan fingerprint density at radius 1 is 1.30 bits per heavy atom. The first-order valence-corrected chi connectivity index (χ1v) is 7.19. The SMILES string of the molecule is CCC(CC)C(O)CNC(=O)c1cccc2cc[nH]c12. The molecule has 0 spiro atoms. The first kappa shape index (κ1) is 14.6. The molecule has 4 heteroatoms. The molecule has 1 unspecified atom stereocenters. The Kier molecular flexibility index (Phi) is 4.79. The highest BCUT2D eigenvalue weighted by Gasteiger charge is 2.17. The monoisotopic (exact) mass is 274 g/mol. The van der Waals surface area contributed by atoms with E-state index in [1.165, 1.54) is 0 Å². The number of nitrogens with one attached hydrogen (secondary N) is 2. The standard InChI is InChI=1S/C16H22N2O2/c1-3-11(4-2)14(19)10-18-16(20)13-7-5-6-12-8-9-17-15(12)13/h5-9,11,14,17,19H,3-4,10H2,1-2H3,(H,18,20). The maximum absolute atomic E-state index is 12.2. The molecule has 3 N–H and O–H groups in total. The summed E-state index contributed by atoms with van der Waals surface area (Å²) in [7, 11) is 0. The zero-order chi connectivity index (χ0) is 14.5. The number of aliphatic hydroxyl groups is 1. The predicted octanol–water partition coefficient (Wildman–Crippen LogP) is 2.69. The normalized spacial score (nSPS) is 12.8. The highest BCUT2D eigenvalue weighted by molar-refractivity contribution is 6.05. The number of aromatic nitrogens is 1. The molecular weight excluding hydrogens is 252 g/mol. The van der Waals surface area contributed by atoms with Crippen LogP contribution in [-0.2, 0) is 0 Å². The van der Waals surface area contributed by atoms with Crippen molar-refractivity contribution >= 4 is 16.8 Å². The molecule has 1 aromatic carbocycles. The summed E-state index contributed by atoms with van der Waals surface area (Å²) in [5, 5.41) is 13.9. The van der Waals surface area contributed by atoms with Crippen molar-refractivity contribution < 1.29 is 9.90 Å². The second-order valence-electron chi connectivity index (χ2n) is 5.10. The second kappa shape index (κ2) is 6.57. The fourth-order valence-electron chi connectivity index (χ4n) is 2.57. The molecule has 108 valence electrons. The Morgan fingerprint density at radius 2 is 2.05 bits per heavy atom. The van der Waals surface area contributed by atoms with Crippen LogP contribution in [0.2, 0.25) is 0 Å². The number of fused-ring (bicyclic) bond motifs is 1. The minimum Gasteiger partial charge on any atom is -0.391 e. The van der Waals surface area contributed by atoms with Gasteiger partial charge in [-0.25, -0.2) is 0 Å². The topological polar surface area (TPSA) is 65.1 Å². The molecule has 1 amide bonds. The number of hydrogen-bond donors (Lipinski definition) is 3. The van der Waals surface area contributed by atoms with Crippen LogP contribution in [0.15, 0.2) is 30.5 Å². The van der Waals surface area contributed by atoms with Crippen LogP contribution in [0.1, 0.15) is 37.0 Å². The number of amides is 1. The lowest BCUT2D eigenvalue weighted by atomic mass is 9.96. The lowest BCUT2D eigenvalue weighted by Gasteiger charge is -2.20. The Bertz CT molecular complexity index is 573. The van der Waals surface area contributed by atoms with Crippen LogP contribution in [0.3, 0.4) is 0 Å². The van der Waals surface area contributed by atoms with E-state index in [-0.39, 0.29) is 11.8 Å². The lowest BCUT2D eigenvalue weighted by molar-refractivity contribution is 0.0818. The van der Waals surface area contributed by atoms with Crippen molar-refractivity contribution in [2.45, 2.75) is 32.8 Å². The third kappa shape index (κ3) is 3.02. The third-order valence-corrected chi connectivity index (χ3v) is 3.90. The van der Waals surface area contributed by atoms with Gasteiger partial charge in [-0.3, -0.25) is 4.79 Å². The van der Waals surface area contributed by atoms with Crippen LogP contribution in [-0.4, -0.2) is 28.6 Å². The van der Waals surface area contributed by atoms with Gasteiger partial charge in [0.1, 0.15) is 0 Å². The Morgan fingerprint density at radius 3 is 2.75 bits per heavy atom. The summed E-state index contributed by atoms with van der Waals surface area (Å²) in [6.45, 7) is 4.40. The maximum atomic E-state index is 12.2. The van der Waals surface area contributed by atoms with Crippen LogP contribution >= 0.6 is 0 Å². The molecule has 0 radical (unpaired) electrons. The number of carbonyl (C=O) groups excluding carboxylic acids is 1. The molecule has 0 aliphatic rings. The van der Waals surface area contributed by atoms with Crippen LogP contribution in [0.4, 0.5) is 0 Å². The predicted molar refractivity (Wildman–Crippen MR) is 80.7 cm³/mol. The molecule has 0 bridgehead atoms. The number of H-pyrrole nitrogens is 1. The zero-order valence-electron chi connectivity index (χ0n) is 12.0. The summed E-state index contributed by atoms with van der Waals surface area (Å²) in [4.78, 5) is 15.3. The number of aliphatic hydroxyl groups excluding tert-OH is 1. The van der Waals surface area contributed by atoms with E-state index in [1.54, 1.807) is 6.07 Å². The molecule has 2 aromatic rings. The van der Waals surface area contributed by atoms with Crippen molar-refractivity contribution in [3.63, 3.8) is 0 Å². The van der Waals surface area contributed by atoms with Crippen molar-refractivity contribution in [1.29, 1.82) is 0 Å². The molecular formula is C16H22N2O2. The van der Waals surface area contributed by atoms with E-state index in [9.17, 15) is 9.90 Å². The summed E-state index contributed by atoms with van der Waals surface area (Å²) < 4.78 is 0. The number of para-hydroxylation sites is 1. The minimum atomic E-state index is -0.489. The van der Waals surface area contributed by atoms with Gasteiger partial charge in [0, 0.05) is 18.1 Å². The third-order valence-electron chi connectivity index (χ3n) is 3.90. The fourth-order valence-corrected chi connectivity index (χ4v) is 2.57. The number of benzene rings is 1. The van der Waals surface area contributed by atoms with E-state index in [2.05, 4.69) is 24.1 Å². The molecule has 0 saturated heterocycles. The Labute approximate surface area is 119 Å². The molecule has 0 saturated carbocycles. The molecule has 4 nitrogen and oxygen atoms in total. The van der Waals surface area contributed by atoms with Gasteiger partial charge in [-0.15, -0.1) is 0 Å². The van der Waals surface area contributed by atoms with E-state index < -0.39 is 6.10 Å². The molecule has 0 fully saturated rings. The number of rotatable bonds is 6. The molecule has 20 heavy (non-hydrogen) atoms. The van der Waals surface area contributed by atoms with Crippen LogP contribution < -0.4 is 5.32 Å². The average Bonchev–Trinajstić information content (AvgIpc) is 2.94. The van der Waals surface area contributed by atoms with Crippen molar-refractivity contribution in [1.82, 2.24) is 10.3 Å². The highest BCUT2D eigenvalue weighted by atomic mass is 16.3. The van der Waals surface area contributed by atoms with Gasteiger partial charge in [-0.1, -0.05) is 38.8 Å². The molecule has 0 aliphatic heterocycles. The van der Waals surface area contributed by atoms with Crippen molar-refractivity contribution in [3.8, 4) is 0 Å². The Balaban J connectivity index is 2.04. The lowest BCUT2D eigenvalue weighted by Crippen LogP contribution is -2.36. The first-order chi connectivity index (χ1) is 9.67. The van der Waals surface area contributed by atoms with Gasteiger partial charge < -0.3 is 15.4 Å². The molecule has 1 heterocycles. The largest absolute Gasteiger partial charge is 0.391 e. The van der Waals surface area contributed by atoms with Gasteiger partial charge in [0.15, 0.2) is 0 Å². The van der Waals surface area contributed by atoms with Gasteiger partial charge in [-0.05, 0) is 18.1 Å². The smallest absolute Gasteiger partial charge is 0.253 e. The maximum Gasteiger partial charge on any atom is 0.253 e. The van der Waals surface area contributed by atoms with Gasteiger partial charge in [-0.2, -0.15) is 0 Å². The first-order valence-electron chi connectivity index (χ1n) is 7.19. The van der Waals surface area contributed by atoms with E-state index in [0.29, 0.717) is 12.1 Å². The second-order valence-corrected chi connectivity index (χ2v) is 5.10. The summed E-state index contributed by atoms with van der Waals surface area (Å²) in [5.74, 6) is 0.0830. The van der Waals surface area contributed by atoms with E-state index in [0.717, 1.165) is 23.7 Å². The summed E-state index contributed by atoms with van der Waals surface area (Å²) in [6, 6.07) is 7.55. The van der Waals surface area contributed by atoms with Gasteiger partial charge >= 0.3 is 0 Å². The number of hydrogen-bond acceptors (Lipinski definition) is 2. The van der Waals surface area contributed by atoms with Crippen LogP contribution in [0.5, 0.6) is 0 Å². The van der Waals surface area contributed by atoms with E-state index in [4.69, 9.17) is 0 Å². The summed E-state index contributed by atoms with van der Waals surface area (Å²) in [5.41, 5.74) is 1.45. The van der Waals surface area contributed by atoms with E-state index >= 15 is 0 Å². The number of carbonyl (C=O) groups is 1. The summed E-state index contributed by atoms with van der Waals surface area (Å²) in [6.07, 6.45) is 3.16. The van der Waals surface area contributed by atoms with Gasteiger partial charge in [0.2, 0.25) is 0 Å². The molecule has 2 rings (SSSR count). The average molecular weight is 274 g/mol. The van der Waals surface area contributed by atoms with Crippen LogP contribution in [0, 0.1) is 5.92 Å². The molecule has 0 aliphatic carbocycles. The molecule has 1 aromatic heterocycles. The molecule has 1 atom stereocenters. The van der Waals surface area contributed by atoms with Crippen molar-refractivity contribution in [3.05, 3.63) is 36.0 Å². The van der Waals surface area contributed by atoms with Crippen molar-refractivity contribution in [2.24, 2.45) is 5.92 Å². The van der Waals surface area contributed by atoms with Crippen LogP contribution in [0.25, 0.3) is 10.9 Å². The van der Waals surface area contributed by atoms with E-state index in [1.807, 2.05) is 24.4 Å². The fraction of sp³-hybridized carbons (Fsp3) is 0.438. The quantitative estimate of drug-likeness (QED) is 0.758.